The van der Waals surface area contributed by atoms with Crippen LogP contribution in [0.2, 0.25) is 0 Å². The lowest BCUT2D eigenvalue weighted by Gasteiger charge is -2.34. The third-order valence-corrected chi connectivity index (χ3v) is 3.77. The lowest BCUT2D eigenvalue weighted by molar-refractivity contribution is -0.385. The Labute approximate surface area is 121 Å². The van der Waals surface area contributed by atoms with Crippen LogP contribution >= 0.6 is 0 Å². The molecule has 1 aliphatic rings. The van der Waals surface area contributed by atoms with Crippen LogP contribution in [0.1, 0.15) is 23.7 Å². The zero-order valence-corrected chi connectivity index (χ0v) is 11.9. The molecule has 2 rings (SSSR count). The number of aromatic nitrogens is 1. The molecule has 114 valence electrons. The highest BCUT2D eigenvalue weighted by Crippen LogP contribution is 2.25. The van der Waals surface area contributed by atoms with Crippen molar-refractivity contribution in [1.29, 1.82) is 0 Å². The number of nitro groups is 1. The number of aliphatic hydroxyl groups excluding tert-OH is 1. The lowest BCUT2D eigenvalue weighted by Crippen LogP contribution is -2.46. The van der Waals surface area contributed by atoms with Gasteiger partial charge in [0.1, 0.15) is 17.6 Å². The molecule has 8 nitrogen and oxygen atoms in total. The first-order valence-corrected chi connectivity index (χ1v) is 6.73. The van der Waals surface area contributed by atoms with Gasteiger partial charge in [0.15, 0.2) is 0 Å². The second-order valence-corrected chi connectivity index (χ2v) is 5.18. The number of hydrogen-bond acceptors (Lipinski definition) is 6. The van der Waals surface area contributed by atoms with E-state index >= 15 is 0 Å². The number of β-amino-alcohol motifs (C(OH)–C–C–N with tert-alkyl or cyclic N) is 1. The van der Waals surface area contributed by atoms with Crippen LogP contribution in [-0.2, 0) is 0 Å². The van der Waals surface area contributed by atoms with Crippen LogP contribution in [0.5, 0.6) is 0 Å². The van der Waals surface area contributed by atoms with Gasteiger partial charge in [-0.25, -0.2) is 4.98 Å². The number of carbonyl (C=O) groups excluding carboxylic acids is 1. The van der Waals surface area contributed by atoms with Crippen molar-refractivity contribution in [3.63, 3.8) is 0 Å². The van der Waals surface area contributed by atoms with Gasteiger partial charge in [0.25, 0.3) is 11.6 Å². The van der Waals surface area contributed by atoms with Crippen LogP contribution in [0.25, 0.3) is 0 Å². The van der Waals surface area contributed by atoms with E-state index in [9.17, 15) is 20.0 Å². The predicted octanol–water partition coefficient (Wildman–Crippen LogP) is 0.874. The number of amides is 1. The molecular formula is C13H18N4O4. The van der Waals surface area contributed by atoms with Gasteiger partial charge in [-0.1, -0.05) is 6.92 Å². The number of hydrogen-bond donors (Lipinski definition) is 2. The summed E-state index contributed by atoms with van der Waals surface area (Å²) in [6.45, 7) is 2.58. The van der Waals surface area contributed by atoms with Crippen LogP contribution in [-0.4, -0.2) is 52.1 Å². The molecule has 0 radical (unpaired) electrons. The minimum atomic E-state index is -0.622. The Kier molecular flexibility index (Phi) is 4.37. The summed E-state index contributed by atoms with van der Waals surface area (Å²) in [7, 11) is 1.62. The Morgan fingerprint density at radius 2 is 2.33 bits per heavy atom. The van der Waals surface area contributed by atoms with E-state index in [1.54, 1.807) is 7.05 Å². The summed E-state index contributed by atoms with van der Waals surface area (Å²) < 4.78 is 0. The number of pyridine rings is 1. The molecule has 2 heterocycles. The normalized spacial score (nSPS) is 22.0. The van der Waals surface area contributed by atoms with Gasteiger partial charge < -0.3 is 15.3 Å². The van der Waals surface area contributed by atoms with Crippen molar-refractivity contribution in [2.24, 2.45) is 5.92 Å². The minimum absolute atomic E-state index is 0.0129. The first-order valence-electron chi connectivity index (χ1n) is 6.73. The van der Waals surface area contributed by atoms with Crippen LogP contribution in [0.3, 0.4) is 0 Å². The van der Waals surface area contributed by atoms with Gasteiger partial charge in [-0.3, -0.25) is 14.9 Å². The average Bonchev–Trinajstić information content (AvgIpc) is 2.48. The van der Waals surface area contributed by atoms with Crippen molar-refractivity contribution in [3.8, 4) is 0 Å². The Morgan fingerprint density at radius 1 is 1.62 bits per heavy atom. The molecule has 1 saturated heterocycles. The standard InChI is InChI=1S/C13H18N4O4/c1-8-3-4-16(7-11(8)18)13(19)9-5-12(14-2)15-6-10(9)17(20)21/h5-6,8,11,18H,3-4,7H2,1-2H3,(H,14,15). The molecule has 8 heteroatoms. The van der Waals surface area contributed by atoms with Crippen molar-refractivity contribution < 1.29 is 14.8 Å². The molecule has 1 fully saturated rings. The highest BCUT2D eigenvalue weighted by atomic mass is 16.6. The highest BCUT2D eigenvalue weighted by Gasteiger charge is 2.31. The molecular weight excluding hydrogens is 276 g/mol. The summed E-state index contributed by atoms with van der Waals surface area (Å²) in [6, 6.07) is 1.37. The highest BCUT2D eigenvalue weighted by molar-refractivity contribution is 5.98. The van der Waals surface area contributed by atoms with Crippen molar-refractivity contribution in [3.05, 3.63) is 27.9 Å². The van der Waals surface area contributed by atoms with E-state index in [1.165, 1.54) is 11.0 Å². The fourth-order valence-corrected chi connectivity index (χ4v) is 2.31. The Hall–Kier alpha value is -2.22. The van der Waals surface area contributed by atoms with Crippen molar-refractivity contribution in [2.75, 3.05) is 25.5 Å². The third-order valence-electron chi connectivity index (χ3n) is 3.77. The van der Waals surface area contributed by atoms with E-state index in [2.05, 4.69) is 10.3 Å². The summed E-state index contributed by atoms with van der Waals surface area (Å²) in [5.74, 6) is 0.0516. The van der Waals surface area contributed by atoms with Crippen molar-refractivity contribution in [1.82, 2.24) is 9.88 Å². The Morgan fingerprint density at radius 3 is 2.90 bits per heavy atom. The molecule has 0 saturated carbocycles. The van der Waals surface area contributed by atoms with Crippen molar-refractivity contribution >= 4 is 17.4 Å². The van der Waals surface area contributed by atoms with Gasteiger partial charge in [-0.2, -0.15) is 0 Å². The molecule has 1 aromatic heterocycles. The van der Waals surface area contributed by atoms with E-state index in [1.807, 2.05) is 6.92 Å². The summed E-state index contributed by atoms with van der Waals surface area (Å²) in [5.41, 5.74) is -0.340. The molecule has 21 heavy (non-hydrogen) atoms. The maximum absolute atomic E-state index is 12.5. The molecule has 0 bridgehead atoms. The molecule has 2 N–H and O–H groups in total. The fraction of sp³-hybridized carbons (Fsp3) is 0.538. The quantitative estimate of drug-likeness (QED) is 0.632. The van der Waals surface area contributed by atoms with Crippen molar-refractivity contribution in [2.45, 2.75) is 19.4 Å². The first-order chi connectivity index (χ1) is 9.93. The zero-order valence-electron chi connectivity index (χ0n) is 11.9. The number of nitrogens with one attached hydrogen (secondary N) is 1. The van der Waals surface area contributed by atoms with Gasteiger partial charge in [0.05, 0.1) is 11.0 Å². The number of aliphatic hydroxyl groups is 1. The minimum Gasteiger partial charge on any atom is -0.391 e. The number of nitrogens with zero attached hydrogens (tertiary/aromatic N) is 3. The number of rotatable bonds is 3. The number of likely N-dealkylation sites (tertiary alicyclic amines) is 1. The van der Waals surface area contributed by atoms with E-state index in [0.717, 1.165) is 6.20 Å². The summed E-state index contributed by atoms with van der Waals surface area (Å²) >= 11 is 0. The van der Waals surface area contributed by atoms with Gasteiger partial charge in [-0.05, 0) is 12.3 Å². The molecule has 1 aliphatic heterocycles. The van der Waals surface area contributed by atoms with Gasteiger partial charge in [-0.15, -0.1) is 0 Å². The number of piperidine rings is 1. The summed E-state index contributed by atoms with van der Waals surface area (Å²) in [6.07, 6.45) is 1.14. The van der Waals surface area contributed by atoms with Crippen LogP contribution in [0.15, 0.2) is 12.3 Å². The van der Waals surface area contributed by atoms with Crippen LogP contribution in [0, 0.1) is 16.0 Å². The van der Waals surface area contributed by atoms with Gasteiger partial charge >= 0.3 is 0 Å². The third kappa shape index (κ3) is 3.10. The molecule has 0 spiro atoms. The van der Waals surface area contributed by atoms with Gasteiger partial charge in [0, 0.05) is 26.2 Å². The van der Waals surface area contributed by atoms with E-state index in [-0.39, 0.29) is 23.7 Å². The van der Waals surface area contributed by atoms with E-state index in [0.29, 0.717) is 18.8 Å². The molecule has 0 aromatic carbocycles. The Balaban J connectivity index is 2.31. The lowest BCUT2D eigenvalue weighted by atomic mass is 9.95. The largest absolute Gasteiger partial charge is 0.391 e. The second-order valence-electron chi connectivity index (χ2n) is 5.18. The predicted molar refractivity (Wildman–Crippen MR) is 76.1 cm³/mol. The maximum atomic E-state index is 12.5. The van der Waals surface area contributed by atoms with E-state index in [4.69, 9.17) is 0 Å². The number of anilines is 1. The summed E-state index contributed by atoms with van der Waals surface area (Å²) in [4.78, 5) is 28.2. The van der Waals surface area contributed by atoms with E-state index < -0.39 is 16.9 Å². The number of carbonyl (C=O) groups is 1. The zero-order chi connectivity index (χ0) is 15.6. The molecule has 1 aromatic rings. The fourth-order valence-electron chi connectivity index (χ4n) is 2.31. The first kappa shape index (κ1) is 15.2. The monoisotopic (exact) mass is 294 g/mol. The molecule has 1 amide bonds. The Bertz CT molecular complexity index is 563. The topological polar surface area (TPSA) is 109 Å². The van der Waals surface area contributed by atoms with Gasteiger partial charge in [0.2, 0.25) is 0 Å². The second kappa shape index (κ2) is 6.04. The molecule has 2 atom stereocenters. The maximum Gasteiger partial charge on any atom is 0.300 e. The average molecular weight is 294 g/mol. The van der Waals surface area contributed by atoms with Crippen LogP contribution < -0.4 is 5.32 Å². The SMILES string of the molecule is CNc1cc(C(=O)N2CCC(C)C(O)C2)c([N+](=O)[O-])cn1. The molecule has 0 aliphatic carbocycles. The van der Waals surface area contributed by atoms with Crippen LogP contribution in [0.4, 0.5) is 11.5 Å². The smallest absolute Gasteiger partial charge is 0.300 e. The summed E-state index contributed by atoms with van der Waals surface area (Å²) in [5, 5.41) is 23.7. The molecule has 2 unspecified atom stereocenters.